The molecule has 10 heteroatoms. The Morgan fingerprint density at radius 3 is 2.37 bits per heavy atom. The molecule has 1 aliphatic rings. The summed E-state index contributed by atoms with van der Waals surface area (Å²) >= 11 is 7.05. The van der Waals surface area contributed by atoms with Gasteiger partial charge in [0.1, 0.15) is 5.76 Å². The number of non-ortho nitro benzene ring substituents is 1. The summed E-state index contributed by atoms with van der Waals surface area (Å²) in [5.41, 5.74) is 0.461. The Morgan fingerprint density at radius 1 is 1.13 bits per heavy atom. The Kier molecular flexibility index (Phi) is 5.06. The molecule has 0 bridgehead atoms. The van der Waals surface area contributed by atoms with Crippen molar-refractivity contribution in [3.8, 4) is 0 Å². The van der Waals surface area contributed by atoms with Gasteiger partial charge in [-0.1, -0.05) is 11.6 Å². The first-order chi connectivity index (χ1) is 14.4. The van der Waals surface area contributed by atoms with E-state index in [1.807, 2.05) is 0 Å². The molecular weight excluding hydrogens is 430 g/mol. The number of nitro groups is 1. The normalized spacial score (nSPS) is 18.0. The minimum absolute atomic E-state index is 0.133. The van der Waals surface area contributed by atoms with Gasteiger partial charge >= 0.3 is 5.91 Å². The Balaban J connectivity index is 1.91. The number of ketones is 1. The largest absolute Gasteiger partial charge is 0.507 e. The standard InChI is InChI=1S/C20H12ClN3O5S/c21-13-5-1-12(2-6-13)17(25)15-16(11-3-7-14(8-4-11)24(28)29)23(19(27)18(15)26)20-22-9-10-30-20/h1-10,16,25H. The number of carbonyl (C=O) groups excluding carboxylic acids is 2. The van der Waals surface area contributed by atoms with E-state index in [2.05, 4.69) is 4.98 Å². The van der Waals surface area contributed by atoms with Gasteiger partial charge in [0.15, 0.2) is 5.13 Å². The molecule has 2 aromatic carbocycles. The van der Waals surface area contributed by atoms with Gasteiger partial charge in [-0.15, -0.1) is 11.3 Å². The number of halogens is 1. The van der Waals surface area contributed by atoms with Gasteiger partial charge in [0.05, 0.1) is 16.5 Å². The van der Waals surface area contributed by atoms with Crippen LogP contribution >= 0.6 is 22.9 Å². The molecule has 150 valence electrons. The van der Waals surface area contributed by atoms with Crippen molar-refractivity contribution in [1.82, 2.24) is 4.98 Å². The summed E-state index contributed by atoms with van der Waals surface area (Å²) in [5.74, 6) is -2.09. The second kappa shape index (κ2) is 7.69. The first-order valence-electron chi connectivity index (χ1n) is 8.59. The number of thiazole rings is 1. The number of aromatic nitrogens is 1. The van der Waals surface area contributed by atoms with Gasteiger partial charge in [-0.25, -0.2) is 4.98 Å². The summed E-state index contributed by atoms with van der Waals surface area (Å²) < 4.78 is 0. The third kappa shape index (κ3) is 3.34. The first kappa shape index (κ1) is 19.7. The fourth-order valence-corrected chi connectivity index (χ4v) is 4.01. The summed E-state index contributed by atoms with van der Waals surface area (Å²) in [6, 6.07) is 10.6. The van der Waals surface area contributed by atoms with Crippen LogP contribution in [0.15, 0.2) is 65.7 Å². The van der Waals surface area contributed by atoms with Crippen LogP contribution in [0.1, 0.15) is 17.2 Å². The lowest BCUT2D eigenvalue weighted by molar-refractivity contribution is -0.384. The molecule has 3 aromatic rings. The maximum Gasteiger partial charge on any atom is 0.301 e. The van der Waals surface area contributed by atoms with Crippen molar-refractivity contribution in [3.05, 3.63) is 91.9 Å². The highest BCUT2D eigenvalue weighted by Gasteiger charge is 2.48. The van der Waals surface area contributed by atoms with Crippen LogP contribution in [0, 0.1) is 10.1 Å². The van der Waals surface area contributed by atoms with Crippen LogP contribution in [0.3, 0.4) is 0 Å². The van der Waals surface area contributed by atoms with E-state index in [0.717, 1.165) is 11.3 Å². The van der Waals surface area contributed by atoms with Crippen LogP contribution in [0.25, 0.3) is 5.76 Å². The molecule has 2 heterocycles. The van der Waals surface area contributed by atoms with Crippen LogP contribution in [0.5, 0.6) is 0 Å². The molecular formula is C20H12ClN3O5S. The van der Waals surface area contributed by atoms with Gasteiger partial charge in [0.25, 0.3) is 11.5 Å². The van der Waals surface area contributed by atoms with E-state index in [-0.39, 0.29) is 22.2 Å². The molecule has 1 saturated heterocycles. The summed E-state index contributed by atoms with van der Waals surface area (Å²) in [4.78, 5) is 41.5. The summed E-state index contributed by atoms with van der Waals surface area (Å²) in [5, 5.41) is 24.3. The summed E-state index contributed by atoms with van der Waals surface area (Å²) in [7, 11) is 0. The second-order valence-corrected chi connectivity index (χ2v) is 7.65. The average Bonchev–Trinajstić information content (AvgIpc) is 3.35. The molecule has 0 saturated carbocycles. The lowest BCUT2D eigenvalue weighted by atomic mass is 9.95. The number of anilines is 1. The van der Waals surface area contributed by atoms with Crippen LogP contribution in [0.4, 0.5) is 10.8 Å². The predicted octanol–water partition coefficient (Wildman–Crippen LogP) is 4.33. The Hall–Kier alpha value is -3.56. The average molecular weight is 442 g/mol. The van der Waals surface area contributed by atoms with Gasteiger partial charge in [-0.3, -0.25) is 24.6 Å². The van der Waals surface area contributed by atoms with Crippen molar-refractivity contribution in [2.24, 2.45) is 0 Å². The number of nitrogens with zero attached hydrogens (tertiary/aromatic N) is 3. The van der Waals surface area contributed by atoms with Gasteiger partial charge in [-0.05, 0) is 42.0 Å². The smallest absolute Gasteiger partial charge is 0.301 e. The number of nitro benzene ring substituents is 1. The molecule has 1 aliphatic heterocycles. The van der Waals surface area contributed by atoms with Crippen LogP contribution in [0.2, 0.25) is 5.02 Å². The number of hydrogen-bond acceptors (Lipinski definition) is 7. The molecule has 1 atom stereocenters. The third-order valence-corrected chi connectivity index (χ3v) is 5.63. The number of amides is 1. The number of rotatable bonds is 4. The van der Waals surface area contributed by atoms with Crippen LogP contribution in [-0.4, -0.2) is 26.7 Å². The minimum atomic E-state index is -0.993. The number of hydrogen-bond donors (Lipinski definition) is 1. The van der Waals surface area contributed by atoms with Crippen molar-refractivity contribution in [1.29, 1.82) is 0 Å². The zero-order valence-electron chi connectivity index (χ0n) is 15.1. The van der Waals surface area contributed by atoms with Crippen molar-refractivity contribution in [3.63, 3.8) is 0 Å². The minimum Gasteiger partial charge on any atom is -0.507 e. The highest BCUT2D eigenvalue weighted by molar-refractivity contribution is 7.14. The molecule has 0 aliphatic carbocycles. The molecule has 0 spiro atoms. The van der Waals surface area contributed by atoms with Crippen molar-refractivity contribution >= 4 is 51.2 Å². The van der Waals surface area contributed by atoms with Crippen LogP contribution < -0.4 is 4.90 Å². The Labute approximate surface area is 178 Å². The lowest BCUT2D eigenvalue weighted by Crippen LogP contribution is -2.29. The fraction of sp³-hybridized carbons (Fsp3) is 0.0500. The molecule has 1 amide bonds. The van der Waals surface area contributed by atoms with Gasteiger partial charge in [-0.2, -0.15) is 0 Å². The van der Waals surface area contributed by atoms with Crippen molar-refractivity contribution < 1.29 is 19.6 Å². The monoisotopic (exact) mass is 441 g/mol. The molecule has 1 unspecified atom stereocenters. The number of aliphatic hydroxyl groups excluding tert-OH is 1. The van der Waals surface area contributed by atoms with Crippen molar-refractivity contribution in [2.75, 3.05) is 4.90 Å². The van der Waals surface area contributed by atoms with E-state index >= 15 is 0 Å². The number of aliphatic hydroxyl groups is 1. The van der Waals surface area contributed by atoms with E-state index in [9.17, 15) is 24.8 Å². The van der Waals surface area contributed by atoms with Gasteiger partial charge in [0, 0.05) is 34.3 Å². The maximum atomic E-state index is 12.9. The molecule has 8 nitrogen and oxygen atoms in total. The number of carbonyl (C=O) groups is 2. The fourth-order valence-electron chi connectivity index (χ4n) is 3.22. The Bertz CT molecular complexity index is 1170. The predicted molar refractivity (Wildman–Crippen MR) is 111 cm³/mol. The summed E-state index contributed by atoms with van der Waals surface area (Å²) in [6.07, 6.45) is 1.49. The molecule has 30 heavy (non-hydrogen) atoms. The highest BCUT2D eigenvalue weighted by Crippen LogP contribution is 2.43. The van der Waals surface area contributed by atoms with Crippen LogP contribution in [-0.2, 0) is 9.59 Å². The number of Topliss-reactive ketones (excluding diaryl/α,β-unsaturated/α-hetero) is 1. The quantitative estimate of drug-likeness (QED) is 0.212. The van der Waals surface area contributed by atoms with Gasteiger partial charge in [0.2, 0.25) is 0 Å². The van der Waals surface area contributed by atoms with E-state index in [1.54, 1.807) is 17.5 Å². The highest BCUT2D eigenvalue weighted by atomic mass is 35.5. The van der Waals surface area contributed by atoms with Crippen molar-refractivity contribution in [2.45, 2.75) is 6.04 Å². The third-order valence-electron chi connectivity index (χ3n) is 4.61. The molecule has 0 radical (unpaired) electrons. The SMILES string of the molecule is O=C1C(=O)N(c2nccs2)C(c2ccc([N+](=O)[O-])cc2)C1=C(O)c1ccc(Cl)cc1. The zero-order valence-corrected chi connectivity index (χ0v) is 16.6. The van der Waals surface area contributed by atoms with E-state index in [0.29, 0.717) is 16.1 Å². The maximum absolute atomic E-state index is 12.9. The molecule has 4 rings (SSSR count). The second-order valence-electron chi connectivity index (χ2n) is 6.34. The Morgan fingerprint density at radius 2 is 1.80 bits per heavy atom. The van der Waals surface area contributed by atoms with Gasteiger partial charge < -0.3 is 5.11 Å². The topological polar surface area (TPSA) is 114 Å². The van der Waals surface area contributed by atoms with E-state index in [1.165, 1.54) is 47.5 Å². The molecule has 1 fully saturated rings. The molecule has 1 N–H and O–H groups in total. The van der Waals surface area contributed by atoms with E-state index in [4.69, 9.17) is 11.6 Å². The molecule has 1 aromatic heterocycles. The first-order valence-corrected chi connectivity index (χ1v) is 9.85. The lowest BCUT2D eigenvalue weighted by Gasteiger charge is -2.22. The number of benzene rings is 2. The summed E-state index contributed by atoms with van der Waals surface area (Å²) in [6.45, 7) is 0. The zero-order chi connectivity index (χ0) is 21.4. The van der Waals surface area contributed by atoms with E-state index < -0.39 is 22.7 Å².